The monoisotopic (exact) mass is 906 g/mol. The molecule has 0 aliphatic rings. The van der Waals surface area contributed by atoms with E-state index in [4.69, 9.17) is 0 Å². The molecule has 0 rings (SSSR count). The minimum Gasteiger partial charge on any atom is -0.394 e. The third kappa shape index (κ3) is 46.2. The minimum absolute atomic E-state index is 0.369. The van der Waals surface area contributed by atoms with E-state index in [0.29, 0.717) is 12.8 Å². The fourth-order valence-electron chi connectivity index (χ4n) is 9.41. The van der Waals surface area contributed by atoms with Crippen LogP contribution in [0.4, 0.5) is 0 Å². The van der Waals surface area contributed by atoms with Gasteiger partial charge in [0.15, 0.2) is 0 Å². The van der Waals surface area contributed by atoms with E-state index in [-0.39, 0.29) is 0 Å². The quantitative estimate of drug-likeness (QED) is 0.0308. The van der Waals surface area contributed by atoms with Crippen LogP contribution in [0.25, 0.3) is 0 Å². The van der Waals surface area contributed by atoms with E-state index in [1.54, 1.807) is 0 Å². The van der Waals surface area contributed by atoms with Crippen molar-refractivity contribution in [3.8, 4) is 0 Å². The molecule has 382 valence electrons. The van der Waals surface area contributed by atoms with Gasteiger partial charge in [-0.2, -0.15) is 0 Å². The Balaban J connectivity index is 3.60. The van der Waals surface area contributed by atoms with Crippen molar-refractivity contribution in [2.24, 2.45) is 0 Å². The molecule has 6 nitrogen and oxygen atoms in total. The van der Waals surface area contributed by atoms with Crippen molar-refractivity contribution < 1.29 is 25.2 Å². The first-order valence-corrected chi connectivity index (χ1v) is 29.1. The molecule has 4 unspecified atom stereocenters. The van der Waals surface area contributed by atoms with Gasteiger partial charge in [-0.05, 0) is 38.5 Å². The summed E-state index contributed by atoms with van der Waals surface area (Å²) in [5, 5.41) is 44.0. The summed E-state index contributed by atoms with van der Waals surface area (Å²) in [6.45, 7) is 4.09. The van der Waals surface area contributed by atoms with Gasteiger partial charge in [0.1, 0.15) is 12.2 Å². The van der Waals surface area contributed by atoms with Crippen LogP contribution in [-0.4, -0.2) is 57.3 Å². The van der Waals surface area contributed by atoms with E-state index in [0.717, 1.165) is 38.5 Å². The van der Waals surface area contributed by atoms with Crippen molar-refractivity contribution in [3.63, 3.8) is 0 Å². The van der Waals surface area contributed by atoms with Crippen LogP contribution in [0.15, 0.2) is 12.2 Å². The van der Waals surface area contributed by atoms with E-state index in [9.17, 15) is 25.2 Å². The summed E-state index contributed by atoms with van der Waals surface area (Å²) in [4.78, 5) is 12.6. The number of rotatable bonds is 54. The van der Waals surface area contributed by atoms with Gasteiger partial charge in [0.05, 0.1) is 18.8 Å². The first-order valence-electron chi connectivity index (χ1n) is 29.1. The van der Waals surface area contributed by atoms with Crippen molar-refractivity contribution >= 4 is 5.91 Å². The van der Waals surface area contributed by atoms with Crippen LogP contribution in [0.5, 0.6) is 0 Å². The Kier molecular flexibility index (Phi) is 52.2. The van der Waals surface area contributed by atoms with Crippen LogP contribution >= 0.6 is 0 Å². The predicted molar refractivity (Wildman–Crippen MR) is 279 cm³/mol. The zero-order valence-electron chi connectivity index (χ0n) is 43.3. The number of carbonyl (C=O) groups is 1. The molecule has 0 saturated heterocycles. The van der Waals surface area contributed by atoms with Gasteiger partial charge in [0, 0.05) is 0 Å². The highest BCUT2D eigenvalue weighted by atomic mass is 16.3. The standard InChI is InChI=1S/C58H115NO5/c1-3-5-7-9-11-13-15-17-19-21-23-25-26-27-28-29-30-32-34-36-38-40-42-44-46-48-50-52-56(62)58(64)59-54(53-60)57(63)55(61)51-49-47-45-43-41-39-37-35-33-31-24-22-20-18-16-14-12-10-8-6-4-2/h43,45,54-57,60-63H,3-42,44,46-53H2,1-2H3,(H,59,64)/b45-43+. The molecule has 0 heterocycles. The third-order valence-electron chi connectivity index (χ3n) is 14.0. The number of unbranched alkanes of at least 4 members (excludes halogenated alkanes) is 43. The molecule has 0 aromatic rings. The number of amides is 1. The second-order valence-corrected chi connectivity index (χ2v) is 20.3. The third-order valence-corrected chi connectivity index (χ3v) is 14.0. The molecule has 1 amide bonds. The SMILES string of the molecule is CCCCCCCCCCCCCCCCCC/C=C/CCCC(O)C(O)C(CO)NC(=O)C(O)CCCCCCCCCCCCCCCCCCCCCCCCCCCCC. The summed E-state index contributed by atoms with van der Waals surface area (Å²) in [5.41, 5.74) is 0. The number of nitrogens with one attached hydrogen (secondary N) is 1. The van der Waals surface area contributed by atoms with Crippen LogP contribution in [0.1, 0.15) is 322 Å². The fraction of sp³-hybridized carbons (Fsp3) is 0.948. The lowest BCUT2D eigenvalue weighted by Crippen LogP contribution is -2.53. The normalized spacial score (nSPS) is 13.8. The van der Waals surface area contributed by atoms with Crippen LogP contribution in [0.3, 0.4) is 0 Å². The van der Waals surface area contributed by atoms with Gasteiger partial charge in [0.2, 0.25) is 5.91 Å². The second-order valence-electron chi connectivity index (χ2n) is 20.3. The number of aliphatic hydroxyl groups excluding tert-OH is 4. The summed E-state index contributed by atoms with van der Waals surface area (Å²) in [6.07, 6.45) is 62.9. The molecule has 0 aliphatic heterocycles. The molecule has 64 heavy (non-hydrogen) atoms. The highest BCUT2D eigenvalue weighted by Gasteiger charge is 2.28. The van der Waals surface area contributed by atoms with Crippen LogP contribution < -0.4 is 5.32 Å². The second kappa shape index (κ2) is 53.0. The number of carbonyl (C=O) groups excluding carboxylic acids is 1. The van der Waals surface area contributed by atoms with E-state index >= 15 is 0 Å². The Morgan fingerprint density at radius 3 is 0.938 bits per heavy atom. The lowest BCUT2D eigenvalue weighted by molar-refractivity contribution is -0.132. The van der Waals surface area contributed by atoms with Gasteiger partial charge in [-0.3, -0.25) is 4.79 Å². The van der Waals surface area contributed by atoms with Crippen LogP contribution in [0, 0.1) is 0 Å². The summed E-state index contributed by atoms with van der Waals surface area (Å²) in [7, 11) is 0. The molecule has 6 heteroatoms. The Morgan fingerprint density at radius 2 is 0.641 bits per heavy atom. The van der Waals surface area contributed by atoms with E-state index < -0.39 is 36.9 Å². The lowest BCUT2D eigenvalue weighted by atomic mass is 10.00. The fourth-order valence-corrected chi connectivity index (χ4v) is 9.41. The Labute approximate surface area is 400 Å². The average Bonchev–Trinajstić information content (AvgIpc) is 3.30. The van der Waals surface area contributed by atoms with E-state index in [1.807, 2.05) is 0 Å². The Morgan fingerprint density at radius 1 is 0.375 bits per heavy atom. The van der Waals surface area contributed by atoms with Crippen molar-refractivity contribution in [2.45, 2.75) is 346 Å². The first kappa shape index (κ1) is 63.0. The van der Waals surface area contributed by atoms with Gasteiger partial charge in [-0.25, -0.2) is 0 Å². The smallest absolute Gasteiger partial charge is 0.249 e. The molecule has 0 aromatic heterocycles. The molecule has 5 N–H and O–H groups in total. The van der Waals surface area contributed by atoms with Crippen LogP contribution in [0.2, 0.25) is 0 Å². The maximum atomic E-state index is 12.6. The maximum Gasteiger partial charge on any atom is 0.249 e. The van der Waals surface area contributed by atoms with Gasteiger partial charge in [-0.1, -0.05) is 296 Å². The van der Waals surface area contributed by atoms with Crippen molar-refractivity contribution in [1.29, 1.82) is 0 Å². The summed E-state index contributed by atoms with van der Waals surface area (Å²) >= 11 is 0. The predicted octanol–water partition coefficient (Wildman–Crippen LogP) is 16.9. The first-order chi connectivity index (χ1) is 31.5. The Hall–Kier alpha value is -0.950. The van der Waals surface area contributed by atoms with E-state index in [2.05, 4.69) is 31.3 Å². The Bertz CT molecular complexity index is 928. The lowest BCUT2D eigenvalue weighted by Gasteiger charge is -2.27. The maximum absolute atomic E-state index is 12.6. The molecule has 0 fully saturated rings. The molecule has 0 saturated carbocycles. The molecule has 0 aliphatic carbocycles. The highest BCUT2D eigenvalue weighted by molar-refractivity contribution is 5.80. The number of allylic oxidation sites excluding steroid dienone is 2. The molecule has 0 radical (unpaired) electrons. The molecular weight excluding hydrogens is 791 g/mol. The number of aliphatic hydroxyl groups is 4. The van der Waals surface area contributed by atoms with Gasteiger partial charge >= 0.3 is 0 Å². The van der Waals surface area contributed by atoms with Gasteiger partial charge in [-0.15, -0.1) is 0 Å². The average molecular weight is 907 g/mol. The summed E-state index contributed by atoms with van der Waals surface area (Å²) < 4.78 is 0. The zero-order valence-corrected chi connectivity index (χ0v) is 43.3. The summed E-state index contributed by atoms with van der Waals surface area (Å²) in [6, 6.07) is -0.999. The molecule has 4 atom stereocenters. The molecular formula is C58H115NO5. The molecule has 0 spiro atoms. The zero-order chi connectivity index (χ0) is 46.7. The van der Waals surface area contributed by atoms with Crippen molar-refractivity contribution in [2.75, 3.05) is 6.61 Å². The molecule has 0 aromatic carbocycles. The number of hydrogen-bond donors (Lipinski definition) is 5. The van der Waals surface area contributed by atoms with Crippen molar-refractivity contribution in [3.05, 3.63) is 12.2 Å². The van der Waals surface area contributed by atoms with Crippen molar-refractivity contribution in [1.82, 2.24) is 5.32 Å². The van der Waals surface area contributed by atoms with Gasteiger partial charge < -0.3 is 25.7 Å². The minimum atomic E-state index is -1.28. The van der Waals surface area contributed by atoms with E-state index in [1.165, 1.54) is 257 Å². The molecule has 0 bridgehead atoms. The topological polar surface area (TPSA) is 110 Å². The number of hydrogen-bond acceptors (Lipinski definition) is 5. The van der Waals surface area contributed by atoms with Gasteiger partial charge in [0.25, 0.3) is 0 Å². The van der Waals surface area contributed by atoms with Crippen LogP contribution in [-0.2, 0) is 4.79 Å². The highest BCUT2D eigenvalue weighted by Crippen LogP contribution is 2.18. The largest absolute Gasteiger partial charge is 0.394 e. The summed E-state index contributed by atoms with van der Waals surface area (Å²) in [5.74, 6) is -0.586.